The van der Waals surface area contributed by atoms with Crippen molar-refractivity contribution in [3.8, 4) is 0 Å². The van der Waals surface area contributed by atoms with E-state index in [4.69, 9.17) is 5.73 Å². The average molecular weight is 247 g/mol. The maximum atomic E-state index is 11.6. The van der Waals surface area contributed by atoms with E-state index >= 15 is 0 Å². The molecule has 1 saturated heterocycles. The number of nitrogens with two attached hydrogens (primary N) is 1. The van der Waals surface area contributed by atoms with Gasteiger partial charge >= 0.3 is 0 Å². The van der Waals surface area contributed by atoms with Crippen molar-refractivity contribution < 1.29 is 4.79 Å². The molecule has 0 aromatic heterocycles. The van der Waals surface area contributed by atoms with E-state index in [1.807, 2.05) is 17.0 Å². The summed E-state index contributed by atoms with van der Waals surface area (Å²) < 4.78 is 0. The highest BCUT2D eigenvalue weighted by atomic mass is 16.2. The fourth-order valence-electron chi connectivity index (χ4n) is 2.09. The molecule has 0 aliphatic carbocycles. The lowest BCUT2D eigenvalue weighted by atomic mass is 10.2. The van der Waals surface area contributed by atoms with Crippen LogP contribution in [0.1, 0.15) is 25.3 Å². The van der Waals surface area contributed by atoms with Gasteiger partial charge in [0.2, 0.25) is 5.91 Å². The van der Waals surface area contributed by atoms with Gasteiger partial charge in [-0.05, 0) is 31.0 Å². The lowest BCUT2D eigenvalue weighted by Gasteiger charge is -2.16. The summed E-state index contributed by atoms with van der Waals surface area (Å²) in [5.41, 5.74) is 7.77. The Hall–Kier alpha value is -1.39. The second kappa shape index (κ2) is 5.98. The van der Waals surface area contributed by atoms with Crippen LogP contribution in [0, 0.1) is 0 Å². The van der Waals surface area contributed by atoms with Crippen LogP contribution >= 0.6 is 0 Å². The number of hydrogen-bond donors (Lipinski definition) is 2. The van der Waals surface area contributed by atoms with Crippen LogP contribution in [0.25, 0.3) is 0 Å². The summed E-state index contributed by atoms with van der Waals surface area (Å²) in [6.07, 6.45) is 1.65. The van der Waals surface area contributed by atoms with Crippen molar-refractivity contribution in [3.05, 3.63) is 29.8 Å². The summed E-state index contributed by atoms with van der Waals surface area (Å²) in [6.45, 7) is 4.37. The number of rotatable bonds is 5. The van der Waals surface area contributed by atoms with Crippen LogP contribution in [0.3, 0.4) is 0 Å². The van der Waals surface area contributed by atoms with Crippen LogP contribution in [-0.4, -0.2) is 25.0 Å². The molecule has 2 rings (SSSR count). The topological polar surface area (TPSA) is 58.4 Å². The molecule has 1 unspecified atom stereocenters. The molecule has 1 aromatic rings. The van der Waals surface area contributed by atoms with Crippen LogP contribution in [0.2, 0.25) is 0 Å². The molecule has 18 heavy (non-hydrogen) atoms. The highest BCUT2D eigenvalue weighted by Crippen LogP contribution is 2.21. The van der Waals surface area contributed by atoms with Gasteiger partial charge in [-0.2, -0.15) is 0 Å². The summed E-state index contributed by atoms with van der Waals surface area (Å²) in [6, 6.07) is 8.50. The Balaban J connectivity index is 1.95. The first-order valence-corrected chi connectivity index (χ1v) is 6.53. The summed E-state index contributed by atoms with van der Waals surface area (Å²) >= 11 is 0. The second-order valence-electron chi connectivity index (χ2n) is 4.83. The van der Waals surface area contributed by atoms with Gasteiger partial charge < -0.3 is 16.0 Å². The maximum Gasteiger partial charge on any atom is 0.227 e. The standard InChI is InChI=1S/C14H21N3O/c1-11(9-15)16-10-12-4-6-13(7-5-12)17-8-2-3-14(17)18/h4-7,11,16H,2-3,8-10,15H2,1H3. The van der Waals surface area contributed by atoms with Crippen LogP contribution in [0.5, 0.6) is 0 Å². The third-order valence-electron chi connectivity index (χ3n) is 3.33. The highest BCUT2D eigenvalue weighted by molar-refractivity contribution is 5.95. The number of nitrogens with zero attached hydrogens (tertiary/aromatic N) is 1. The Morgan fingerprint density at radius 1 is 1.39 bits per heavy atom. The summed E-state index contributed by atoms with van der Waals surface area (Å²) in [4.78, 5) is 13.5. The molecule has 1 heterocycles. The molecule has 98 valence electrons. The molecule has 0 radical (unpaired) electrons. The first kappa shape index (κ1) is 13.1. The Bertz CT molecular complexity index is 402. The van der Waals surface area contributed by atoms with E-state index in [1.54, 1.807) is 0 Å². The van der Waals surface area contributed by atoms with E-state index in [0.717, 1.165) is 25.2 Å². The molecule has 0 bridgehead atoms. The predicted octanol–water partition coefficient (Wildman–Crippen LogP) is 1.25. The zero-order chi connectivity index (χ0) is 13.0. The Morgan fingerprint density at radius 3 is 2.67 bits per heavy atom. The SMILES string of the molecule is CC(CN)NCc1ccc(N2CCCC2=O)cc1. The van der Waals surface area contributed by atoms with Crippen molar-refractivity contribution >= 4 is 11.6 Å². The predicted molar refractivity (Wildman–Crippen MR) is 73.4 cm³/mol. The third kappa shape index (κ3) is 3.09. The second-order valence-corrected chi connectivity index (χ2v) is 4.83. The van der Waals surface area contributed by atoms with Crippen LogP contribution < -0.4 is 16.0 Å². The molecule has 1 atom stereocenters. The fraction of sp³-hybridized carbons (Fsp3) is 0.500. The molecule has 3 N–H and O–H groups in total. The summed E-state index contributed by atoms with van der Waals surface area (Å²) in [5, 5.41) is 3.34. The number of carbonyl (C=O) groups is 1. The zero-order valence-corrected chi connectivity index (χ0v) is 10.9. The molecule has 4 nitrogen and oxygen atoms in total. The maximum absolute atomic E-state index is 11.6. The minimum atomic E-state index is 0.234. The highest BCUT2D eigenvalue weighted by Gasteiger charge is 2.21. The Labute approximate surface area is 108 Å². The van der Waals surface area contributed by atoms with Gasteiger partial charge in [0.1, 0.15) is 0 Å². The number of amides is 1. The van der Waals surface area contributed by atoms with Gasteiger partial charge in [-0.1, -0.05) is 12.1 Å². The van der Waals surface area contributed by atoms with Crippen molar-refractivity contribution in [1.29, 1.82) is 0 Å². The molecule has 1 aliphatic rings. The van der Waals surface area contributed by atoms with Crippen LogP contribution in [0.15, 0.2) is 24.3 Å². The van der Waals surface area contributed by atoms with Crippen LogP contribution in [0.4, 0.5) is 5.69 Å². The molecule has 0 saturated carbocycles. The number of nitrogens with one attached hydrogen (secondary N) is 1. The van der Waals surface area contributed by atoms with Gasteiger partial charge in [-0.25, -0.2) is 0 Å². The molecule has 1 aliphatic heterocycles. The smallest absolute Gasteiger partial charge is 0.227 e. The first-order chi connectivity index (χ1) is 8.70. The Kier molecular flexibility index (Phi) is 4.33. The van der Waals surface area contributed by atoms with Crippen molar-refractivity contribution in [2.24, 2.45) is 5.73 Å². The molecule has 1 fully saturated rings. The lowest BCUT2D eigenvalue weighted by Crippen LogP contribution is -2.32. The molecular formula is C14H21N3O. The molecule has 4 heteroatoms. The molecule has 1 amide bonds. The minimum Gasteiger partial charge on any atom is -0.329 e. The van der Waals surface area contributed by atoms with E-state index in [-0.39, 0.29) is 5.91 Å². The number of anilines is 1. The van der Waals surface area contributed by atoms with E-state index < -0.39 is 0 Å². The van der Waals surface area contributed by atoms with Crippen molar-refractivity contribution in [3.63, 3.8) is 0 Å². The molecular weight excluding hydrogens is 226 g/mol. The van der Waals surface area contributed by atoms with Gasteiger partial charge in [0.15, 0.2) is 0 Å². The molecule has 0 spiro atoms. The van der Waals surface area contributed by atoms with Gasteiger partial charge in [-0.15, -0.1) is 0 Å². The summed E-state index contributed by atoms with van der Waals surface area (Å²) in [7, 11) is 0. The van der Waals surface area contributed by atoms with Crippen molar-refractivity contribution in [2.45, 2.75) is 32.4 Å². The van der Waals surface area contributed by atoms with Crippen molar-refractivity contribution in [1.82, 2.24) is 5.32 Å². The number of hydrogen-bond acceptors (Lipinski definition) is 3. The Morgan fingerprint density at radius 2 is 2.11 bits per heavy atom. The van der Waals surface area contributed by atoms with Gasteiger partial charge in [0.05, 0.1) is 0 Å². The van der Waals surface area contributed by atoms with Crippen LogP contribution in [-0.2, 0) is 11.3 Å². The minimum absolute atomic E-state index is 0.234. The first-order valence-electron chi connectivity index (χ1n) is 6.53. The van der Waals surface area contributed by atoms with Gasteiger partial charge in [-0.3, -0.25) is 4.79 Å². The van der Waals surface area contributed by atoms with Gasteiger partial charge in [0, 0.05) is 37.8 Å². The molecule has 1 aromatic carbocycles. The number of carbonyl (C=O) groups excluding carboxylic acids is 1. The monoisotopic (exact) mass is 247 g/mol. The zero-order valence-electron chi connectivity index (χ0n) is 10.9. The van der Waals surface area contributed by atoms with E-state index in [2.05, 4.69) is 24.4 Å². The quantitative estimate of drug-likeness (QED) is 0.823. The number of benzene rings is 1. The fourth-order valence-corrected chi connectivity index (χ4v) is 2.09. The normalized spacial score (nSPS) is 17.2. The van der Waals surface area contributed by atoms with E-state index in [1.165, 1.54) is 5.56 Å². The van der Waals surface area contributed by atoms with E-state index in [0.29, 0.717) is 19.0 Å². The summed E-state index contributed by atoms with van der Waals surface area (Å²) in [5.74, 6) is 0.234. The average Bonchev–Trinajstić information content (AvgIpc) is 2.83. The van der Waals surface area contributed by atoms with E-state index in [9.17, 15) is 4.79 Å². The lowest BCUT2D eigenvalue weighted by molar-refractivity contribution is -0.117. The van der Waals surface area contributed by atoms with Crippen molar-refractivity contribution in [2.75, 3.05) is 18.0 Å². The largest absolute Gasteiger partial charge is 0.329 e. The van der Waals surface area contributed by atoms with Gasteiger partial charge in [0.25, 0.3) is 0 Å². The third-order valence-corrected chi connectivity index (χ3v) is 3.33.